The van der Waals surface area contributed by atoms with Crippen molar-refractivity contribution in [2.75, 3.05) is 19.9 Å². The second kappa shape index (κ2) is 8.77. The van der Waals surface area contributed by atoms with E-state index in [0.29, 0.717) is 29.6 Å². The summed E-state index contributed by atoms with van der Waals surface area (Å²) in [6, 6.07) is 4.74. The molecule has 0 saturated carbocycles. The Bertz CT molecular complexity index is 1050. The van der Waals surface area contributed by atoms with Crippen LogP contribution in [0.15, 0.2) is 23.4 Å². The number of methoxy groups -OCH3 is 1. The molecule has 0 radical (unpaired) electrons. The molecule has 29 heavy (non-hydrogen) atoms. The van der Waals surface area contributed by atoms with Gasteiger partial charge in [0.25, 0.3) is 5.78 Å². The molecular weight excluding hydrogens is 393 g/mol. The highest BCUT2D eigenvalue weighted by atomic mass is 32.2. The number of hydrogen-bond acceptors (Lipinski definition) is 6. The van der Waals surface area contributed by atoms with Gasteiger partial charge in [-0.25, -0.2) is 13.9 Å². The second-order valence-electron chi connectivity index (χ2n) is 6.63. The van der Waals surface area contributed by atoms with Crippen molar-refractivity contribution in [2.24, 2.45) is 0 Å². The lowest BCUT2D eigenvalue weighted by atomic mass is 10.1. The van der Waals surface area contributed by atoms with Gasteiger partial charge in [-0.2, -0.15) is 4.98 Å². The lowest BCUT2D eigenvalue weighted by Crippen LogP contribution is -2.32. The predicted octanol–water partition coefficient (Wildman–Crippen LogP) is 3.20. The van der Waals surface area contributed by atoms with E-state index < -0.39 is 5.82 Å². The Morgan fingerprint density at radius 1 is 1.31 bits per heavy atom. The van der Waals surface area contributed by atoms with Crippen molar-refractivity contribution in [1.29, 1.82) is 0 Å². The minimum atomic E-state index is -0.439. The molecule has 0 saturated heterocycles. The van der Waals surface area contributed by atoms with E-state index in [1.807, 2.05) is 27.0 Å². The molecule has 0 aliphatic heterocycles. The van der Waals surface area contributed by atoms with Crippen molar-refractivity contribution in [3.8, 4) is 5.75 Å². The number of fused-ring (bicyclic) bond motifs is 1. The number of aryl methyl sites for hydroxylation is 2. The third kappa shape index (κ3) is 4.34. The molecule has 0 fully saturated rings. The standard InChI is InChI=1S/C20H24FN5O2S/c1-6-25(11-14-7-8-17(28-4)16(21)9-14)18(27)10-15-12(2)22-19-23-20(29-5)24-26(19)13(15)3/h7-9H,6,10-11H2,1-5H3. The number of carbonyl (C=O) groups excluding carboxylic acids is 1. The molecule has 9 heteroatoms. The van der Waals surface area contributed by atoms with E-state index >= 15 is 0 Å². The van der Waals surface area contributed by atoms with Crippen LogP contribution in [-0.2, 0) is 17.8 Å². The largest absolute Gasteiger partial charge is 0.494 e. The lowest BCUT2D eigenvalue weighted by Gasteiger charge is -2.22. The minimum Gasteiger partial charge on any atom is -0.494 e. The van der Waals surface area contributed by atoms with Crippen molar-refractivity contribution in [3.63, 3.8) is 0 Å². The SMILES string of the molecule is CCN(Cc1ccc(OC)c(F)c1)C(=O)Cc1c(C)nc2nc(SC)nn2c1C. The first-order valence-electron chi connectivity index (χ1n) is 9.24. The van der Waals surface area contributed by atoms with Crippen molar-refractivity contribution in [3.05, 3.63) is 46.5 Å². The number of rotatable bonds is 7. The molecule has 1 aromatic carbocycles. The Balaban J connectivity index is 1.83. The first-order chi connectivity index (χ1) is 13.9. The number of amides is 1. The quantitative estimate of drug-likeness (QED) is 0.550. The van der Waals surface area contributed by atoms with Crippen LogP contribution in [0.4, 0.5) is 4.39 Å². The second-order valence-corrected chi connectivity index (χ2v) is 7.40. The fourth-order valence-electron chi connectivity index (χ4n) is 3.20. The van der Waals surface area contributed by atoms with Crippen molar-refractivity contribution in [2.45, 2.75) is 38.9 Å². The van der Waals surface area contributed by atoms with Crippen LogP contribution in [-0.4, -0.2) is 50.3 Å². The summed E-state index contributed by atoms with van der Waals surface area (Å²) in [5.41, 5.74) is 3.15. The van der Waals surface area contributed by atoms with Crippen molar-refractivity contribution >= 4 is 23.4 Å². The molecule has 0 atom stereocenters. The summed E-state index contributed by atoms with van der Waals surface area (Å²) in [6.45, 7) is 6.53. The highest BCUT2D eigenvalue weighted by molar-refractivity contribution is 7.98. The molecule has 0 aliphatic carbocycles. The van der Waals surface area contributed by atoms with Crippen LogP contribution in [0.1, 0.15) is 29.4 Å². The fourth-order valence-corrected chi connectivity index (χ4v) is 3.54. The molecule has 2 heterocycles. The first kappa shape index (κ1) is 21.0. The van der Waals surface area contributed by atoms with E-state index in [4.69, 9.17) is 4.74 Å². The lowest BCUT2D eigenvalue weighted by molar-refractivity contribution is -0.130. The summed E-state index contributed by atoms with van der Waals surface area (Å²) in [4.78, 5) is 23.5. The van der Waals surface area contributed by atoms with Crippen LogP contribution >= 0.6 is 11.8 Å². The summed E-state index contributed by atoms with van der Waals surface area (Å²) in [5.74, 6) is 0.222. The van der Waals surface area contributed by atoms with Gasteiger partial charge in [0, 0.05) is 30.0 Å². The smallest absolute Gasteiger partial charge is 0.253 e. The monoisotopic (exact) mass is 417 g/mol. The van der Waals surface area contributed by atoms with Gasteiger partial charge in [0.15, 0.2) is 11.6 Å². The zero-order valence-electron chi connectivity index (χ0n) is 17.2. The topological polar surface area (TPSA) is 72.6 Å². The van der Waals surface area contributed by atoms with E-state index in [1.54, 1.807) is 21.5 Å². The number of benzene rings is 1. The molecule has 3 aromatic rings. The van der Waals surface area contributed by atoms with Gasteiger partial charge in [0.05, 0.1) is 13.5 Å². The first-order valence-corrected chi connectivity index (χ1v) is 10.5. The molecule has 0 unspecified atom stereocenters. The maximum Gasteiger partial charge on any atom is 0.253 e. The normalized spacial score (nSPS) is 11.1. The molecule has 0 spiro atoms. The number of nitrogens with zero attached hydrogens (tertiary/aromatic N) is 5. The van der Waals surface area contributed by atoms with Crippen LogP contribution in [0.5, 0.6) is 5.75 Å². The molecule has 3 rings (SSSR count). The maximum atomic E-state index is 14.0. The Kier molecular flexibility index (Phi) is 6.36. The Morgan fingerprint density at radius 2 is 2.07 bits per heavy atom. The van der Waals surface area contributed by atoms with E-state index in [9.17, 15) is 9.18 Å². The summed E-state index contributed by atoms with van der Waals surface area (Å²) >= 11 is 1.44. The zero-order chi connectivity index (χ0) is 21.1. The van der Waals surface area contributed by atoms with Gasteiger partial charge in [-0.15, -0.1) is 5.10 Å². The number of thioether (sulfide) groups is 1. The summed E-state index contributed by atoms with van der Waals surface area (Å²) in [6.07, 6.45) is 2.10. The average molecular weight is 418 g/mol. The molecule has 1 amide bonds. The fraction of sp³-hybridized carbons (Fsp3) is 0.400. The van der Waals surface area contributed by atoms with Gasteiger partial charge < -0.3 is 9.64 Å². The van der Waals surface area contributed by atoms with Crippen LogP contribution < -0.4 is 4.74 Å². The molecule has 0 aliphatic rings. The van der Waals surface area contributed by atoms with Gasteiger partial charge in [-0.3, -0.25) is 4.79 Å². The van der Waals surface area contributed by atoms with Crippen LogP contribution in [0.2, 0.25) is 0 Å². The van der Waals surface area contributed by atoms with Crippen LogP contribution in [0.3, 0.4) is 0 Å². The Morgan fingerprint density at radius 3 is 2.69 bits per heavy atom. The van der Waals surface area contributed by atoms with E-state index in [0.717, 1.165) is 17.0 Å². The van der Waals surface area contributed by atoms with Gasteiger partial charge in [0.1, 0.15) is 0 Å². The van der Waals surface area contributed by atoms with Gasteiger partial charge >= 0.3 is 0 Å². The molecule has 2 aromatic heterocycles. The number of hydrogen-bond donors (Lipinski definition) is 0. The minimum absolute atomic E-state index is 0.0544. The highest BCUT2D eigenvalue weighted by Gasteiger charge is 2.19. The number of aromatic nitrogens is 4. The van der Waals surface area contributed by atoms with E-state index in [1.165, 1.54) is 24.9 Å². The summed E-state index contributed by atoms with van der Waals surface area (Å²) in [7, 11) is 1.42. The van der Waals surface area contributed by atoms with E-state index in [-0.39, 0.29) is 18.1 Å². The van der Waals surface area contributed by atoms with Crippen LogP contribution in [0, 0.1) is 19.7 Å². The highest BCUT2D eigenvalue weighted by Crippen LogP contribution is 2.20. The number of likely N-dealkylation sites (N-methyl/N-ethyl adjacent to an activating group) is 1. The van der Waals surface area contributed by atoms with E-state index in [2.05, 4.69) is 15.1 Å². The van der Waals surface area contributed by atoms with Crippen LogP contribution in [0.25, 0.3) is 5.78 Å². The number of carbonyl (C=O) groups is 1. The third-order valence-electron chi connectivity index (χ3n) is 4.86. The average Bonchev–Trinajstić information content (AvgIpc) is 3.12. The molecule has 0 N–H and O–H groups in total. The number of ether oxygens (including phenoxy) is 1. The van der Waals surface area contributed by atoms with Gasteiger partial charge in [-0.1, -0.05) is 17.8 Å². The maximum absolute atomic E-state index is 14.0. The van der Waals surface area contributed by atoms with Gasteiger partial charge in [-0.05, 0) is 44.7 Å². The Hall–Kier alpha value is -2.68. The molecule has 7 nitrogen and oxygen atoms in total. The molecule has 0 bridgehead atoms. The van der Waals surface area contributed by atoms with Crippen molar-refractivity contribution < 1.29 is 13.9 Å². The van der Waals surface area contributed by atoms with Gasteiger partial charge in [0.2, 0.25) is 11.1 Å². The Labute approximate surface area is 173 Å². The van der Waals surface area contributed by atoms with Crippen molar-refractivity contribution in [1.82, 2.24) is 24.5 Å². The zero-order valence-corrected chi connectivity index (χ0v) is 18.0. The molecular formula is C20H24FN5O2S. The number of halogens is 1. The third-order valence-corrected chi connectivity index (χ3v) is 5.40. The molecule has 154 valence electrons. The predicted molar refractivity (Wildman–Crippen MR) is 110 cm³/mol. The summed E-state index contributed by atoms with van der Waals surface area (Å²) in [5, 5.41) is 5.07. The summed E-state index contributed by atoms with van der Waals surface area (Å²) < 4.78 is 20.6.